The third-order valence-electron chi connectivity index (χ3n) is 5.19. The molecular weight excluding hydrogens is 234 g/mol. The van der Waals surface area contributed by atoms with Gasteiger partial charge in [-0.1, -0.05) is 36.4 Å². The number of aliphatic hydroxyl groups excluding tert-OH is 1. The summed E-state index contributed by atoms with van der Waals surface area (Å²) in [5, 5.41) is 9.65. The zero-order chi connectivity index (χ0) is 13.3. The Kier molecular flexibility index (Phi) is 3.46. The lowest BCUT2D eigenvalue weighted by Crippen LogP contribution is -2.66. The normalized spacial score (nSPS) is 37.2. The lowest BCUT2D eigenvalue weighted by atomic mass is 9.73. The largest absolute Gasteiger partial charge is 0.384 e. The second-order valence-electron chi connectivity index (χ2n) is 6.17. The van der Waals surface area contributed by atoms with Crippen LogP contribution in [0.15, 0.2) is 43.0 Å². The maximum atomic E-state index is 9.65. The van der Waals surface area contributed by atoms with E-state index < -0.39 is 0 Å². The van der Waals surface area contributed by atoms with Gasteiger partial charge in [0.25, 0.3) is 0 Å². The van der Waals surface area contributed by atoms with Crippen LogP contribution < -0.4 is 0 Å². The molecule has 2 nitrogen and oxygen atoms in total. The van der Waals surface area contributed by atoms with E-state index in [4.69, 9.17) is 0 Å². The third kappa shape index (κ3) is 2.24. The Morgan fingerprint density at radius 1 is 1.32 bits per heavy atom. The maximum Gasteiger partial charge on any atom is 0.137 e. The van der Waals surface area contributed by atoms with Crippen LogP contribution >= 0.6 is 0 Å². The number of piperidine rings is 3. The molecule has 19 heavy (non-hydrogen) atoms. The molecule has 4 rings (SSSR count). The van der Waals surface area contributed by atoms with E-state index in [0.29, 0.717) is 12.0 Å². The average Bonchev–Trinajstić information content (AvgIpc) is 2.48. The summed E-state index contributed by atoms with van der Waals surface area (Å²) in [6, 6.07) is 11.0. The summed E-state index contributed by atoms with van der Waals surface area (Å²) in [6.07, 6.45) is 4.52. The van der Waals surface area contributed by atoms with Gasteiger partial charge in [-0.15, -0.1) is 6.58 Å². The van der Waals surface area contributed by atoms with E-state index in [1.54, 1.807) is 0 Å². The molecule has 3 saturated heterocycles. The van der Waals surface area contributed by atoms with Crippen LogP contribution in [0.2, 0.25) is 0 Å². The molecule has 1 N–H and O–H groups in total. The lowest BCUT2D eigenvalue weighted by molar-refractivity contribution is -0.978. The highest BCUT2D eigenvalue weighted by Gasteiger charge is 2.50. The summed E-state index contributed by atoms with van der Waals surface area (Å²) in [6.45, 7) is 8.81. The van der Waals surface area contributed by atoms with Gasteiger partial charge in [0.15, 0.2) is 0 Å². The zero-order valence-electron chi connectivity index (χ0n) is 11.4. The highest BCUT2D eigenvalue weighted by atomic mass is 16.3. The minimum absolute atomic E-state index is 0.301. The van der Waals surface area contributed by atoms with Crippen molar-refractivity contribution in [2.45, 2.75) is 25.4 Å². The number of benzene rings is 1. The monoisotopic (exact) mass is 257 g/mol. The molecule has 0 aromatic heterocycles. The summed E-state index contributed by atoms with van der Waals surface area (Å²) in [4.78, 5) is 0. The smallest absolute Gasteiger partial charge is 0.137 e. The van der Waals surface area contributed by atoms with Gasteiger partial charge in [-0.3, -0.25) is 0 Å². The van der Waals surface area contributed by atoms with Crippen LogP contribution in [0.25, 0.3) is 0 Å². The number of nitrogens with zero attached hydrogens (tertiary/aromatic N) is 1. The molecule has 3 aliphatic heterocycles. The molecule has 1 aromatic rings. The molecule has 2 bridgehead atoms. The molecule has 0 amide bonds. The zero-order valence-corrected chi connectivity index (χ0v) is 11.4. The minimum atomic E-state index is 0.301. The van der Waals surface area contributed by atoms with E-state index in [1.165, 1.54) is 25.1 Å². The van der Waals surface area contributed by atoms with E-state index in [9.17, 15) is 5.11 Å². The van der Waals surface area contributed by atoms with Crippen LogP contribution in [-0.2, 0) is 6.54 Å². The molecule has 0 aliphatic carbocycles. The summed E-state index contributed by atoms with van der Waals surface area (Å²) < 4.78 is 1.01. The average molecular weight is 257 g/mol. The van der Waals surface area contributed by atoms with Gasteiger partial charge in [-0.25, -0.2) is 0 Å². The van der Waals surface area contributed by atoms with E-state index >= 15 is 0 Å². The van der Waals surface area contributed by atoms with Gasteiger partial charge in [0, 0.05) is 24.3 Å². The number of hydrogen-bond acceptors (Lipinski definition) is 1. The molecule has 3 aliphatic rings. The van der Waals surface area contributed by atoms with E-state index in [-0.39, 0.29) is 0 Å². The molecule has 4 atom stereocenters. The van der Waals surface area contributed by atoms with Crippen molar-refractivity contribution in [2.75, 3.05) is 13.1 Å². The van der Waals surface area contributed by atoms with Gasteiger partial charge >= 0.3 is 0 Å². The van der Waals surface area contributed by atoms with Crippen LogP contribution in [-0.4, -0.2) is 28.7 Å². The van der Waals surface area contributed by atoms with Crippen LogP contribution in [0.5, 0.6) is 0 Å². The first-order valence-corrected chi connectivity index (χ1v) is 7.27. The number of rotatable bonds is 4. The fourth-order valence-corrected chi connectivity index (χ4v) is 4.10. The topological polar surface area (TPSA) is 20.2 Å². The Balaban J connectivity index is 1.87. The summed E-state index contributed by atoms with van der Waals surface area (Å²) in [5.41, 5.74) is 1.37. The Morgan fingerprint density at radius 3 is 2.79 bits per heavy atom. The second-order valence-corrected chi connectivity index (χ2v) is 6.17. The maximum absolute atomic E-state index is 9.65. The van der Waals surface area contributed by atoms with Crippen molar-refractivity contribution in [1.29, 1.82) is 0 Å². The lowest BCUT2D eigenvalue weighted by Gasteiger charge is -2.56. The first-order valence-electron chi connectivity index (χ1n) is 7.27. The van der Waals surface area contributed by atoms with Gasteiger partial charge in [-0.2, -0.15) is 0 Å². The molecule has 2 heteroatoms. The summed E-state index contributed by atoms with van der Waals surface area (Å²) >= 11 is 0. The van der Waals surface area contributed by atoms with Gasteiger partial charge in [0.1, 0.15) is 19.2 Å². The molecule has 3 heterocycles. The molecule has 1 aromatic carbocycles. The highest BCUT2D eigenvalue weighted by Crippen LogP contribution is 2.44. The first kappa shape index (κ1) is 12.9. The molecule has 2 unspecified atom stereocenters. The predicted octanol–water partition coefficient (Wildman–Crippen LogP) is 3.13. The van der Waals surface area contributed by atoms with Crippen molar-refractivity contribution in [2.24, 2.45) is 11.8 Å². The van der Waals surface area contributed by atoms with E-state index in [2.05, 4.69) is 43.0 Å². The fraction of sp³-hybridized carbons (Fsp3) is 0.471. The predicted molar refractivity (Wildman–Crippen MR) is 76.6 cm³/mol. The second kappa shape index (κ2) is 5.10. The van der Waals surface area contributed by atoms with Crippen molar-refractivity contribution in [3.05, 3.63) is 55.2 Å². The van der Waals surface area contributed by atoms with E-state index in [1.807, 2.05) is 0 Å². The van der Waals surface area contributed by atoms with Crippen LogP contribution in [0.4, 0.5) is 0 Å². The van der Waals surface area contributed by atoms with Crippen LogP contribution in [0.3, 0.4) is 0 Å². The number of quaternary nitrogens is 1. The minimum Gasteiger partial charge on any atom is -0.384 e. The first-order chi connectivity index (χ1) is 9.27. The quantitative estimate of drug-likeness (QED) is 0.649. The molecule has 0 saturated carbocycles. The molecule has 0 spiro atoms. The van der Waals surface area contributed by atoms with Gasteiger partial charge < -0.3 is 9.59 Å². The van der Waals surface area contributed by atoms with Crippen molar-refractivity contribution < 1.29 is 9.59 Å². The molecule has 1 radical (unpaired) electrons. The Hall–Kier alpha value is -1.12. The standard InChI is InChI=1S/C17H23NO/c1-2-15-12-18(11-14-6-4-3-5-7-14)9-8-16(15)10-17(18)13-19/h2-7,13,15-17,19H,1,8-12H2/q+1/t15-,16?,17-,18?/m0/s1. The van der Waals surface area contributed by atoms with Crippen molar-refractivity contribution >= 4 is 0 Å². The van der Waals surface area contributed by atoms with Gasteiger partial charge in [-0.05, 0) is 5.92 Å². The van der Waals surface area contributed by atoms with Crippen LogP contribution in [0.1, 0.15) is 18.4 Å². The fourth-order valence-electron chi connectivity index (χ4n) is 4.10. The van der Waals surface area contributed by atoms with E-state index in [0.717, 1.165) is 29.9 Å². The van der Waals surface area contributed by atoms with Crippen LogP contribution in [0, 0.1) is 18.4 Å². The van der Waals surface area contributed by atoms with Crippen molar-refractivity contribution in [3.8, 4) is 0 Å². The summed E-state index contributed by atoms with van der Waals surface area (Å²) in [5.74, 6) is 1.34. The number of aliphatic hydroxyl groups is 1. The Bertz CT molecular complexity index is 444. The molecule has 101 valence electrons. The highest BCUT2D eigenvalue weighted by molar-refractivity contribution is 5.14. The Morgan fingerprint density at radius 2 is 2.11 bits per heavy atom. The van der Waals surface area contributed by atoms with Crippen molar-refractivity contribution in [1.82, 2.24) is 0 Å². The summed E-state index contributed by atoms with van der Waals surface area (Å²) in [7, 11) is 0. The van der Waals surface area contributed by atoms with Gasteiger partial charge in [0.2, 0.25) is 0 Å². The van der Waals surface area contributed by atoms with Crippen molar-refractivity contribution in [3.63, 3.8) is 0 Å². The third-order valence-corrected chi connectivity index (χ3v) is 5.19. The number of fused-ring (bicyclic) bond motifs is 3. The van der Waals surface area contributed by atoms with Gasteiger partial charge in [0.05, 0.1) is 13.1 Å². The number of hydrogen-bond donors (Lipinski definition) is 1. The Labute approximate surface area is 116 Å². The molecular formula is C17H23NO+. The molecule has 3 fully saturated rings. The SMILES string of the molecule is C=C[C@H]1C[N+]2(Cc3ccccc3)CCC1C[C@H]2[CH]O.